The summed E-state index contributed by atoms with van der Waals surface area (Å²) < 4.78 is 44.9. The van der Waals surface area contributed by atoms with Crippen molar-refractivity contribution in [2.24, 2.45) is 0 Å². The summed E-state index contributed by atoms with van der Waals surface area (Å²) in [5, 5.41) is 2.85. The number of anilines is 2. The van der Waals surface area contributed by atoms with Crippen LogP contribution in [0.25, 0.3) is 0 Å². The van der Waals surface area contributed by atoms with Crippen LogP contribution in [-0.4, -0.2) is 9.97 Å². The highest BCUT2D eigenvalue weighted by molar-refractivity contribution is 5.53. The van der Waals surface area contributed by atoms with Crippen LogP contribution >= 0.6 is 0 Å². The van der Waals surface area contributed by atoms with Crippen LogP contribution in [0, 0.1) is 6.92 Å². The highest BCUT2D eigenvalue weighted by Crippen LogP contribution is 2.37. The Kier molecular flexibility index (Phi) is 4.56. The molecular weight excluding hydrogens is 331 g/mol. The Hall–Kier alpha value is -3.09. The van der Waals surface area contributed by atoms with E-state index in [9.17, 15) is 13.2 Å². The molecule has 0 radical (unpaired) electrons. The third-order valence-corrected chi connectivity index (χ3v) is 3.32. The molecule has 1 N–H and O–H groups in total. The normalized spacial score (nSPS) is 11.2. The maximum absolute atomic E-state index is 13.2. The summed E-state index contributed by atoms with van der Waals surface area (Å²) in [5.74, 6) is -0.272. The molecule has 0 fully saturated rings. The van der Waals surface area contributed by atoms with E-state index in [4.69, 9.17) is 4.74 Å². The molecule has 0 bridgehead atoms. The van der Waals surface area contributed by atoms with Crippen molar-refractivity contribution in [3.8, 4) is 11.6 Å². The van der Waals surface area contributed by atoms with Crippen molar-refractivity contribution < 1.29 is 17.9 Å². The van der Waals surface area contributed by atoms with Gasteiger partial charge in [-0.15, -0.1) is 0 Å². The summed E-state index contributed by atoms with van der Waals surface area (Å²) in [5.41, 5.74) is 0.591. The molecule has 0 atom stereocenters. The number of rotatable bonds is 4. The zero-order chi connectivity index (χ0) is 17.9. The highest BCUT2D eigenvalue weighted by Gasteiger charge is 2.36. The SMILES string of the molecule is Cc1ccc(Oc2nc(Nc3ccccc3)ncc2C(F)(F)F)cc1. The number of alkyl halides is 3. The summed E-state index contributed by atoms with van der Waals surface area (Å²) in [4.78, 5) is 7.62. The minimum absolute atomic E-state index is 0.0151. The number of nitrogens with zero attached hydrogens (tertiary/aromatic N) is 2. The standard InChI is InChI=1S/C18H14F3N3O/c1-12-7-9-14(10-8-12)25-16-15(18(19,20)21)11-22-17(24-16)23-13-5-3-2-4-6-13/h2-11H,1H3,(H,22,23,24). The second-order valence-electron chi connectivity index (χ2n) is 5.32. The van der Waals surface area contributed by atoms with Crippen LogP contribution in [0.2, 0.25) is 0 Å². The third-order valence-electron chi connectivity index (χ3n) is 3.32. The first-order valence-corrected chi connectivity index (χ1v) is 7.42. The third kappa shape index (κ3) is 4.26. The Bertz CT molecular complexity index is 850. The number of ether oxygens (including phenoxy) is 1. The van der Waals surface area contributed by atoms with E-state index in [2.05, 4.69) is 15.3 Å². The Morgan fingerprint density at radius 3 is 2.28 bits per heavy atom. The lowest BCUT2D eigenvalue weighted by Gasteiger charge is -2.14. The fraction of sp³-hybridized carbons (Fsp3) is 0.111. The molecular formula is C18H14F3N3O. The van der Waals surface area contributed by atoms with Crippen molar-refractivity contribution in [3.05, 3.63) is 71.9 Å². The molecule has 7 heteroatoms. The monoisotopic (exact) mass is 345 g/mol. The van der Waals surface area contributed by atoms with Crippen molar-refractivity contribution in [2.75, 3.05) is 5.32 Å². The Morgan fingerprint density at radius 2 is 1.64 bits per heavy atom. The van der Waals surface area contributed by atoms with Gasteiger partial charge in [0.25, 0.3) is 0 Å². The van der Waals surface area contributed by atoms with Gasteiger partial charge in [-0.3, -0.25) is 0 Å². The Morgan fingerprint density at radius 1 is 0.960 bits per heavy atom. The van der Waals surface area contributed by atoms with E-state index >= 15 is 0 Å². The zero-order valence-corrected chi connectivity index (χ0v) is 13.2. The second-order valence-corrected chi connectivity index (χ2v) is 5.32. The van der Waals surface area contributed by atoms with Gasteiger partial charge in [0, 0.05) is 11.9 Å². The van der Waals surface area contributed by atoms with Gasteiger partial charge in [-0.1, -0.05) is 35.9 Å². The number of para-hydroxylation sites is 1. The fourth-order valence-electron chi connectivity index (χ4n) is 2.07. The molecule has 0 aliphatic rings. The average molecular weight is 345 g/mol. The molecule has 0 unspecified atom stereocenters. The molecule has 0 aliphatic carbocycles. The van der Waals surface area contributed by atoms with Crippen molar-refractivity contribution >= 4 is 11.6 Å². The second kappa shape index (κ2) is 6.80. The van der Waals surface area contributed by atoms with Crippen LogP contribution in [0.5, 0.6) is 11.6 Å². The van der Waals surface area contributed by atoms with E-state index in [0.717, 1.165) is 5.56 Å². The predicted octanol–water partition coefficient (Wildman–Crippen LogP) is 5.34. The topological polar surface area (TPSA) is 47.0 Å². The maximum atomic E-state index is 13.2. The Balaban J connectivity index is 1.94. The lowest BCUT2D eigenvalue weighted by molar-refractivity contribution is -0.139. The zero-order valence-electron chi connectivity index (χ0n) is 13.2. The van der Waals surface area contributed by atoms with Crippen molar-refractivity contribution in [3.63, 3.8) is 0 Å². The number of benzene rings is 2. The molecule has 0 saturated carbocycles. The summed E-state index contributed by atoms with van der Waals surface area (Å²) in [7, 11) is 0. The van der Waals surface area contributed by atoms with Crippen molar-refractivity contribution in [2.45, 2.75) is 13.1 Å². The lowest BCUT2D eigenvalue weighted by Crippen LogP contribution is -2.10. The first kappa shape index (κ1) is 16.8. The fourth-order valence-corrected chi connectivity index (χ4v) is 2.07. The largest absolute Gasteiger partial charge is 0.438 e. The van der Waals surface area contributed by atoms with Crippen LogP contribution in [0.1, 0.15) is 11.1 Å². The van der Waals surface area contributed by atoms with Gasteiger partial charge in [0.15, 0.2) is 0 Å². The molecule has 0 saturated heterocycles. The van der Waals surface area contributed by atoms with E-state index < -0.39 is 17.6 Å². The predicted molar refractivity (Wildman–Crippen MR) is 88.0 cm³/mol. The smallest absolute Gasteiger partial charge is 0.423 e. The highest BCUT2D eigenvalue weighted by atomic mass is 19.4. The molecule has 128 valence electrons. The number of hydrogen-bond donors (Lipinski definition) is 1. The number of halogens is 3. The summed E-state index contributed by atoms with van der Waals surface area (Å²) in [6.07, 6.45) is -3.91. The van der Waals surface area contributed by atoms with E-state index in [1.165, 1.54) is 0 Å². The van der Waals surface area contributed by atoms with Crippen molar-refractivity contribution in [1.29, 1.82) is 0 Å². The maximum Gasteiger partial charge on any atom is 0.423 e. The molecule has 4 nitrogen and oxygen atoms in total. The number of aromatic nitrogens is 2. The quantitative estimate of drug-likeness (QED) is 0.693. The van der Waals surface area contributed by atoms with Crippen LogP contribution in [0.3, 0.4) is 0 Å². The van der Waals surface area contributed by atoms with E-state index in [-0.39, 0.29) is 11.7 Å². The first-order chi connectivity index (χ1) is 11.9. The summed E-state index contributed by atoms with van der Waals surface area (Å²) in [6.45, 7) is 1.87. The molecule has 25 heavy (non-hydrogen) atoms. The summed E-state index contributed by atoms with van der Waals surface area (Å²) >= 11 is 0. The van der Waals surface area contributed by atoms with Crippen molar-refractivity contribution in [1.82, 2.24) is 9.97 Å². The van der Waals surface area contributed by atoms with Gasteiger partial charge in [-0.25, -0.2) is 4.98 Å². The van der Waals surface area contributed by atoms with E-state index in [0.29, 0.717) is 11.9 Å². The van der Waals surface area contributed by atoms with E-state index in [1.807, 2.05) is 13.0 Å². The minimum Gasteiger partial charge on any atom is -0.438 e. The molecule has 0 amide bonds. The number of aryl methyl sites for hydroxylation is 1. The summed E-state index contributed by atoms with van der Waals surface area (Å²) in [6, 6.07) is 15.6. The molecule has 0 spiro atoms. The molecule has 1 heterocycles. The van der Waals surface area contributed by atoms with Gasteiger partial charge in [-0.2, -0.15) is 18.2 Å². The van der Waals surface area contributed by atoms with Crippen LogP contribution < -0.4 is 10.1 Å². The van der Waals surface area contributed by atoms with Gasteiger partial charge in [0.05, 0.1) is 0 Å². The molecule has 0 aliphatic heterocycles. The van der Waals surface area contributed by atoms with Crippen LogP contribution in [0.4, 0.5) is 24.8 Å². The minimum atomic E-state index is -4.62. The molecule has 1 aromatic heterocycles. The molecule has 3 rings (SSSR count). The first-order valence-electron chi connectivity index (χ1n) is 7.42. The molecule has 3 aromatic rings. The van der Waals surface area contributed by atoms with Gasteiger partial charge >= 0.3 is 6.18 Å². The molecule has 2 aromatic carbocycles. The lowest BCUT2D eigenvalue weighted by atomic mass is 10.2. The Labute approximate surface area is 142 Å². The number of nitrogens with one attached hydrogen (secondary N) is 1. The van der Waals surface area contributed by atoms with Crippen LogP contribution in [0.15, 0.2) is 60.8 Å². The van der Waals surface area contributed by atoms with Gasteiger partial charge < -0.3 is 10.1 Å². The van der Waals surface area contributed by atoms with Gasteiger partial charge in [0.1, 0.15) is 11.3 Å². The number of hydrogen-bond acceptors (Lipinski definition) is 4. The van der Waals surface area contributed by atoms with E-state index in [1.54, 1.807) is 48.5 Å². The average Bonchev–Trinajstić information content (AvgIpc) is 2.57. The van der Waals surface area contributed by atoms with Crippen LogP contribution in [-0.2, 0) is 6.18 Å². The van der Waals surface area contributed by atoms with Gasteiger partial charge in [0.2, 0.25) is 11.8 Å². The van der Waals surface area contributed by atoms with Gasteiger partial charge in [-0.05, 0) is 31.2 Å².